The van der Waals surface area contributed by atoms with Crippen molar-refractivity contribution in [3.8, 4) is 0 Å². The fourth-order valence-electron chi connectivity index (χ4n) is 3.47. The number of hydrogen-bond acceptors (Lipinski definition) is 3. The second-order valence-electron chi connectivity index (χ2n) is 5.91. The van der Waals surface area contributed by atoms with E-state index in [2.05, 4.69) is 15.0 Å². The van der Waals surface area contributed by atoms with Crippen molar-refractivity contribution in [2.45, 2.75) is 38.3 Å². The van der Waals surface area contributed by atoms with Crippen LogP contribution in [0, 0.1) is 5.92 Å². The molecule has 3 aromatic rings. The van der Waals surface area contributed by atoms with Crippen LogP contribution in [0.4, 0.5) is 0 Å². The van der Waals surface area contributed by atoms with Gasteiger partial charge in [-0.3, -0.25) is 4.57 Å². The number of nitrogens with one attached hydrogen (secondary N) is 2. The van der Waals surface area contributed by atoms with Crippen LogP contribution in [-0.4, -0.2) is 30.7 Å². The molecule has 3 aromatic heterocycles. The highest BCUT2D eigenvalue weighted by atomic mass is 16.3. The molecular formula is C15H18N4O2. The number of aromatic nitrogens is 4. The molecule has 3 N–H and O–H groups in total. The van der Waals surface area contributed by atoms with E-state index < -0.39 is 0 Å². The molecule has 1 aliphatic carbocycles. The molecule has 0 amide bonds. The molecular weight excluding hydrogens is 268 g/mol. The number of aliphatic hydroxyl groups excluding tert-OH is 1. The SMILES string of the molecule is O=c1[nH]c2cnc3[nH]ccc3c2n1C[C@@H]1CCCC[C@H]1O. The van der Waals surface area contributed by atoms with Gasteiger partial charge >= 0.3 is 5.69 Å². The highest BCUT2D eigenvalue weighted by molar-refractivity contribution is 6.00. The van der Waals surface area contributed by atoms with Gasteiger partial charge in [0.25, 0.3) is 0 Å². The minimum absolute atomic E-state index is 0.127. The summed E-state index contributed by atoms with van der Waals surface area (Å²) in [6.45, 7) is 0.560. The molecule has 6 heteroatoms. The van der Waals surface area contributed by atoms with Crippen LogP contribution in [-0.2, 0) is 6.54 Å². The van der Waals surface area contributed by atoms with Gasteiger partial charge in [-0.15, -0.1) is 0 Å². The number of aromatic amines is 2. The van der Waals surface area contributed by atoms with Crippen LogP contribution in [0.2, 0.25) is 0 Å². The molecule has 2 atom stereocenters. The predicted molar refractivity (Wildman–Crippen MR) is 80.2 cm³/mol. The summed E-state index contributed by atoms with van der Waals surface area (Å²) in [5, 5.41) is 11.1. The maximum absolute atomic E-state index is 12.3. The van der Waals surface area contributed by atoms with Crippen LogP contribution in [0.15, 0.2) is 23.3 Å². The Morgan fingerprint density at radius 2 is 2.24 bits per heavy atom. The van der Waals surface area contributed by atoms with Crippen molar-refractivity contribution in [1.29, 1.82) is 0 Å². The van der Waals surface area contributed by atoms with Gasteiger partial charge in [-0.25, -0.2) is 9.78 Å². The van der Waals surface area contributed by atoms with Crippen molar-refractivity contribution in [3.63, 3.8) is 0 Å². The molecule has 0 aromatic carbocycles. The van der Waals surface area contributed by atoms with Gasteiger partial charge in [-0.1, -0.05) is 12.8 Å². The Labute approximate surface area is 120 Å². The first kappa shape index (κ1) is 12.6. The maximum atomic E-state index is 12.3. The largest absolute Gasteiger partial charge is 0.393 e. The number of H-pyrrole nitrogens is 2. The second kappa shape index (κ2) is 4.73. The first-order chi connectivity index (χ1) is 10.2. The van der Waals surface area contributed by atoms with Gasteiger partial charge in [0.1, 0.15) is 5.65 Å². The smallest absolute Gasteiger partial charge is 0.326 e. The van der Waals surface area contributed by atoms with Crippen LogP contribution in [0.1, 0.15) is 25.7 Å². The number of pyridine rings is 1. The summed E-state index contributed by atoms with van der Waals surface area (Å²) in [5.74, 6) is 0.151. The van der Waals surface area contributed by atoms with Crippen molar-refractivity contribution in [1.82, 2.24) is 19.5 Å². The molecule has 0 saturated heterocycles. The van der Waals surface area contributed by atoms with Gasteiger partial charge in [-0.05, 0) is 18.9 Å². The molecule has 1 fully saturated rings. The van der Waals surface area contributed by atoms with Crippen molar-refractivity contribution in [2.24, 2.45) is 5.92 Å². The summed E-state index contributed by atoms with van der Waals surface area (Å²) < 4.78 is 1.76. The second-order valence-corrected chi connectivity index (χ2v) is 5.91. The Bertz CT molecular complexity index is 844. The van der Waals surface area contributed by atoms with Crippen LogP contribution in [0.5, 0.6) is 0 Å². The van der Waals surface area contributed by atoms with E-state index in [1.54, 1.807) is 10.8 Å². The van der Waals surface area contributed by atoms with Crippen molar-refractivity contribution >= 4 is 22.1 Å². The van der Waals surface area contributed by atoms with Crippen LogP contribution < -0.4 is 5.69 Å². The van der Waals surface area contributed by atoms with E-state index in [1.165, 1.54) is 0 Å². The fourth-order valence-corrected chi connectivity index (χ4v) is 3.47. The molecule has 0 spiro atoms. The highest BCUT2D eigenvalue weighted by Crippen LogP contribution is 2.27. The van der Waals surface area contributed by atoms with E-state index in [0.29, 0.717) is 6.54 Å². The third-order valence-electron chi connectivity index (χ3n) is 4.60. The molecule has 6 nitrogen and oxygen atoms in total. The summed E-state index contributed by atoms with van der Waals surface area (Å²) >= 11 is 0. The number of rotatable bonds is 2. The van der Waals surface area contributed by atoms with Crippen LogP contribution in [0.3, 0.4) is 0 Å². The van der Waals surface area contributed by atoms with E-state index in [0.717, 1.165) is 47.8 Å². The molecule has 110 valence electrons. The summed E-state index contributed by atoms with van der Waals surface area (Å²) in [6, 6.07) is 1.94. The summed E-state index contributed by atoms with van der Waals surface area (Å²) in [7, 11) is 0. The Morgan fingerprint density at radius 3 is 3.10 bits per heavy atom. The monoisotopic (exact) mass is 286 g/mol. The minimum Gasteiger partial charge on any atom is -0.393 e. The fraction of sp³-hybridized carbons (Fsp3) is 0.467. The number of aliphatic hydroxyl groups is 1. The van der Waals surface area contributed by atoms with Crippen molar-refractivity contribution in [3.05, 3.63) is 28.9 Å². The van der Waals surface area contributed by atoms with E-state index in [-0.39, 0.29) is 17.7 Å². The van der Waals surface area contributed by atoms with Gasteiger partial charge in [0, 0.05) is 24.0 Å². The topological polar surface area (TPSA) is 86.7 Å². The molecule has 3 heterocycles. The van der Waals surface area contributed by atoms with Gasteiger partial charge < -0.3 is 15.1 Å². The van der Waals surface area contributed by atoms with Gasteiger partial charge in [0.15, 0.2) is 0 Å². The standard InChI is InChI=1S/C15H18N4O2/c20-12-4-2-1-3-9(12)8-19-13-10-5-6-16-14(10)17-7-11(13)18-15(19)21/h5-7,9,12,20H,1-4,8H2,(H,16,17)(H,18,21)/t9-,12+/m0/s1. The molecule has 0 radical (unpaired) electrons. The maximum Gasteiger partial charge on any atom is 0.326 e. The van der Waals surface area contributed by atoms with Gasteiger partial charge in [0.2, 0.25) is 0 Å². The number of nitrogens with zero attached hydrogens (tertiary/aromatic N) is 2. The Kier molecular flexibility index (Phi) is 2.85. The third kappa shape index (κ3) is 1.98. The summed E-state index contributed by atoms with van der Waals surface area (Å²) in [4.78, 5) is 22.5. The van der Waals surface area contributed by atoms with Crippen molar-refractivity contribution < 1.29 is 5.11 Å². The van der Waals surface area contributed by atoms with Gasteiger partial charge in [-0.2, -0.15) is 0 Å². The molecule has 1 aliphatic rings. The van der Waals surface area contributed by atoms with E-state index in [9.17, 15) is 9.90 Å². The minimum atomic E-state index is -0.306. The molecule has 0 bridgehead atoms. The Morgan fingerprint density at radius 1 is 1.38 bits per heavy atom. The number of imidazole rings is 1. The zero-order chi connectivity index (χ0) is 14.4. The highest BCUT2D eigenvalue weighted by Gasteiger charge is 2.25. The molecule has 0 unspecified atom stereocenters. The zero-order valence-corrected chi connectivity index (χ0v) is 11.7. The molecule has 1 saturated carbocycles. The zero-order valence-electron chi connectivity index (χ0n) is 11.7. The average molecular weight is 286 g/mol. The summed E-state index contributed by atoms with van der Waals surface area (Å²) in [6.07, 6.45) is 7.22. The lowest BCUT2D eigenvalue weighted by Gasteiger charge is -2.27. The number of fused-ring (bicyclic) bond motifs is 3. The molecule has 4 rings (SSSR count). The lowest BCUT2D eigenvalue weighted by atomic mass is 9.86. The average Bonchev–Trinajstić information content (AvgIpc) is 3.06. The molecule has 0 aliphatic heterocycles. The first-order valence-corrected chi connectivity index (χ1v) is 7.47. The van der Waals surface area contributed by atoms with Crippen LogP contribution >= 0.6 is 0 Å². The quantitative estimate of drug-likeness (QED) is 0.671. The summed E-state index contributed by atoms with van der Waals surface area (Å²) in [5.41, 5.74) is 2.28. The molecule has 21 heavy (non-hydrogen) atoms. The van der Waals surface area contributed by atoms with E-state index in [4.69, 9.17) is 0 Å². The normalized spacial score (nSPS) is 23.1. The van der Waals surface area contributed by atoms with E-state index >= 15 is 0 Å². The Hall–Kier alpha value is -2.08. The lowest BCUT2D eigenvalue weighted by molar-refractivity contribution is 0.0608. The first-order valence-electron chi connectivity index (χ1n) is 7.47. The number of hydrogen-bond donors (Lipinski definition) is 3. The third-order valence-corrected chi connectivity index (χ3v) is 4.60. The van der Waals surface area contributed by atoms with Crippen LogP contribution in [0.25, 0.3) is 22.1 Å². The van der Waals surface area contributed by atoms with Gasteiger partial charge in [0.05, 0.1) is 23.3 Å². The van der Waals surface area contributed by atoms with E-state index in [1.807, 2.05) is 12.3 Å². The van der Waals surface area contributed by atoms with Crippen molar-refractivity contribution in [2.75, 3.05) is 0 Å². The predicted octanol–water partition coefficient (Wildman–Crippen LogP) is 1.76. The lowest BCUT2D eigenvalue weighted by Crippen LogP contribution is -2.31. The Balaban J connectivity index is 1.85.